The second-order valence-electron chi connectivity index (χ2n) is 8.31. The van der Waals surface area contributed by atoms with Gasteiger partial charge in [0.1, 0.15) is 12.6 Å². The van der Waals surface area contributed by atoms with Gasteiger partial charge in [-0.05, 0) is 50.6 Å². The summed E-state index contributed by atoms with van der Waals surface area (Å²) in [5.74, 6) is -1.42. The molecule has 0 spiro atoms. The Hall–Kier alpha value is -2.22. The molecule has 0 radical (unpaired) electrons. The zero-order chi connectivity index (χ0) is 24.6. The van der Waals surface area contributed by atoms with E-state index in [1.807, 2.05) is 37.3 Å². The lowest BCUT2D eigenvalue weighted by Crippen LogP contribution is -2.37. The molecule has 9 nitrogen and oxygen atoms in total. The first-order chi connectivity index (χ1) is 16.5. The molecule has 1 amide bonds. The molecule has 1 fully saturated rings. The Bertz CT molecular complexity index is 785. The number of carbonyl (C=O) groups excluding carboxylic acids is 3. The van der Waals surface area contributed by atoms with Gasteiger partial charge in [0.2, 0.25) is 0 Å². The van der Waals surface area contributed by atoms with Gasteiger partial charge in [-0.2, -0.15) is 0 Å². The average molecular weight is 497 g/mol. The largest absolute Gasteiger partial charge is 0.445 e. The van der Waals surface area contributed by atoms with Crippen LogP contribution in [0.3, 0.4) is 0 Å². The smallest absolute Gasteiger partial charge is 0.407 e. The molecular formula is C24H37N2O7P. The monoisotopic (exact) mass is 496 g/mol. The van der Waals surface area contributed by atoms with E-state index in [4.69, 9.17) is 14.0 Å². The third-order valence-corrected chi connectivity index (χ3v) is 6.75. The Morgan fingerprint density at radius 1 is 1.15 bits per heavy atom. The van der Waals surface area contributed by atoms with E-state index in [0.29, 0.717) is 38.5 Å². The Kier molecular flexibility index (Phi) is 13.5. The summed E-state index contributed by atoms with van der Waals surface area (Å²) in [4.78, 5) is 36.6. The number of carbonyl (C=O) groups is 3. The molecule has 1 aromatic carbocycles. The molecule has 1 saturated heterocycles. The Morgan fingerprint density at radius 2 is 1.94 bits per heavy atom. The maximum Gasteiger partial charge on any atom is 0.407 e. The third kappa shape index (κ3) is 11.3. The van der Waals surface area contributed by atoms with Crippen molar-refractivity contribution in [3.63, 3.8) is 0 Å². The fourth-order valence-corrected chi connectivity index (χ4v) is 4.69. The molecule has 0 aliphatic carbocycles. The molecule has 2 rings (SSSR count). The summed E-state index contributed by atoms with van der Waals surface area (Å²) in [5, 5.41) is 5.66. The summed E-state index contributed by atoms with van der Waals surface area (Å²) in [6.07, 6.45) is 4.28. The van der Waals surface area contributed by atoms with Crippen LogP contribution in [-0.4, -0.2) is 49.4 Å². The fraction of sp³-hybridized carbons (Fsp3) is 0.625. The first kappa shape index (κ1) is 28.0. The highest BCUT2D eigenvalue weighted by atomic mass is 31.1. The molecule has 1 aliphatic heterocycles. The number of alkyl carbamates (subject to hydrolysis) is 1. The average Bonchev–Trinajstić information content (AvgIpc) is 3.38. The van der Waals surface area contributed by atoms with Crippen molar-refractivity contribution in [1.29, 1.82) is 0 Å². The van der Waals surface area contributed by atoms with Gasteiger partial charge in [-0.25, -0.2) is 14.4 Å². The van der Waals surface area contributed by atoms with Gasteiger partial charge in [0, 0.05) is 12.7 Å². The van der Waals surface area contributed by atoms with E-state index in [0.717, 1.165) is 31.2 Å². The molecule has 3 atom stereocenters. The highest BCUT2D eigenvalue weighted by Gasteiger charge is 2.30. The lowest BCUT2D eigenvalue weighted by molar-refractivity contribution is -0.166. The zero-order valence-electron chi connectivity index (χ0n) is 19.9. The van der Waals surface area contributed by atoms with Gasteiger partial charge in [-0.1, -0.05) is 50.1 Å². The SMILES string of the molecule is CCCCC[PH](=O)OC(CCCCNC(=O)OCc1ccccc1)C(=O)OC(=O)[C@@H]1CCCN1. The highest BCUT2D eigenvalue weighted by molar-refractivity contribution is 7.39. The minimum atomic E-state index is -2.42. The molecule has 0 bridgehead atoms. The minimum absolute atomic E-state index is 0.185. The van der Waals surface area contributed by atoms with Crippen LogP contribution in [-0.2, 0) is 34.8 Å². The molecule has 2 unspecified atom stereocenters. The maximum atomic E-state index is 12.6. The number of hydrogen-bond donors (Lipinski definition) is 2. The number of hydrogen-bond acceptors (Lipinski definition) is 8. The number of unbranched alkanes of at least 4 members (excludes halogenated alkanes) is 3. The van der Waals surface area contributed by atoms with Crippen molar-refractivity contribution in [3.05, 3.63) is 35.9 Å². The number of benzene rings is 1. The molecule has 34 heavy (non-hydrogen) atoms. The summed E-state index contributed by atoms with van der Waals surface area (Å²) in [6, 6.07) is 8.88. The van der Waals surface area contributed by atoms with Crippen molar-refractivity contribution in [2.45, 2.75) is 77.0 Å². The second-order valence-corrected chi connectivity index (χ2v) is 9.79. The van der Waals surface area contributed by atoms with Gasteiger partial charge in [0.15, 0.2) is 14.1 Å². The number of esters is 2. The summed E-state index contributed by atoms with van der Waals surface area (Å²) in [7, 11) is -2.42. The number of rotatable bonds is 15. The van der Waals surface area contributed by atoms with Crippen LogP contribution in [0.2, 0.25) is 0 Å². The normalized spacial score (nSPS) is 17.0. The third-order valence-electron chi connectivity index (χ3n) is 5.44. The van der Waals surface area contributed by atoms with Gasteiger partial charge < -0.3 is 24.6 Å². The minimum Gasteiger partial charge on any atom is -0.445 e. The van der Waals surface area contributed by atoms with E-state index >= 15 is 0 Å². The van der Waals surface area contributed by atoms with Crippen molar-refractivity contribution < 1.29 is 32.9 Å². The van der Waals surface area contributed by atoms with E-state index in [2.05, 4.69) is 10.6 Å². The van der Waals surface area contributed by atoms with E-state index < -0.39 is 38.2 Å². The van der Waals surface area contributed by atoms with Crippen LogP contribution < -0.4 is 10.6 Å². The first-order valence-corrected chi connectivity index (χ1v) is 13.6. The van der Waals surface area contributed by atoms with Crippen LogP contribution in [0.25, 0.3) is 0 Å². The Labute approximate surface area is 202 Å². The first-order valence-electron chi connectivity index (χ1n) is 12.1. The molecule has 1 aliphatic rings. The summed E-state index contributed by atoms with van der Waals surface area (Å²) >= 11 is 0. The summed E-state index contributed by atoms with van der Waals surface area (Å²) in [5.41, 5.74) is 0.896. The molecule has 2 N–H and O–H groups in total. The zero-order valence-corrected chi connectivity index (χ0v) is 20.9. The molecular weight excluding hydrogens is 459 g/mol. The summed E-state index contributed by atoms with van der Waals surface area (Å²) in [6.45, 7) is 3.29. The van der Waals surface area contributed by atoms with Gasteiger partial charge >= 0.3 is 18.0 Å². The van der Waals surface area contributed by atoms with Gasteiger partial charge in [-0.15, -0.1) is 0 Å². The van der Waals surface area contributed by atoms with E-state index in [1.165, 1.54) is 0 Å². The van der Waals surface area contributed by atoms with Crippen LogP contribution in [0.15, 0.2) is 30.3 Å². The standard InChI is InChI=1S/C24H37N2O7P/c1-2-3-9-17-34(30)33-21(23(28)32-22(27)20-13-10-16-25-20)14-7-8-15-26-24(29)31-18-19-11-5-4-6-12-19/h4-6,11-12,20-21,25,34H,2-3,7-10,13-18H2,1H3,(H,26,29)/t20-,21?/m0/s1. The van der Waals surface area contributed by atoms with Crippen LogP contribution >= 0.6 is 8.03 Å². The number of amides is 1. The van der Waals surface area contributed by atoms with Crippen molar-refractivity contribution in [2.24, 2.45) is 0 Å². The Balaban J connectivity index is 1.73. The summed E-state index contributed by atoms with van der Waals surface area (Å²) < 4.78 is 28.0. The molecule has 0 aromatic heterocycles. The van der Waals surface area contributed by atoms with E-state index in [1.54, 1.807) is 0 Å². The van der Waals surface area contributed by atoms with Gasteiger partial charge in [0.25, 0.3) is 0 Å². The lowest BCUT2D eigenvalue weighted by atomic mass is 10.1. The van der Waals surface area contributed by atoms with Crippen molar-refractivity contribution >= 4 is 26.1 Å². The number of nitrogens with one attached hydrogen (secondary N) is 2. The van der Waals surface area contributed by atoms with E-state index in [9.17, 15) is 18.9 Å². The number of ether oxygens (including phenoxy) is 2. The van der Waals surface area contributed by atoms with Crippen molar-refractivity contribution in [3.8, 4) is 0 Å². The fourth-order valence-electron chi connectivity index (χ4n) is 3.50. The Morgan fingerprint density at radius 3 is 2.65 bits per heavy atom. The predicted octanol–water partition coefficient (Wildman–Crippen LogP) is 3.96. The van der Waals surface area contributed by atoms with Crippen LogP contribution in [0.4, 0.5) is 4.79 Å². The quantitative estimate of drug-likeness (QED) is 0.162. The van der Waals surface area contributed by atoms with Crippen LogP contribution in [0, 0.1) is 0 Å². The molecule has 190 valence electrons. The van der Waals surface area contributed by atoms with Crippen LogP contribution in [0.1, 0.15) is 63.9 Å². The maximum absolute atomic E-state index is 12.6. The van der Waals surface area contributed by atoms with Gasteiger partial charge in [0.05, 0.1) is 0 Å². The highest BCUT2D eigenvalue weighted by Crippen LogP contribution is 2.29. The molecule has 0 saturated carbocycles. The lowest BCUT2D eigenvalue weighted by Gasteiger charge is -2.17. The molecule has 1 aromatic rings. The molecule has 10 heteroatoms. The topological polar surface area (TPSA) is 120 Å². The van der Waals surface area contributed by atoms with E-state index in [-0.39, 0.29) is 13.0 Å². The molecule has 1 heterocycles. The predicted molar refractivity (Wildman–Crippen MR) is 129 cm³/mol. The van der Waals surface area contributed by atoms with Crippen molar-refractivity contribution in [2.75, 3.05) is 19.3 Å². The van der Waals surface area contributed by atoms with Crippen molar-refractivity contribution in [1.82, 2.24) is 10.6 Å². The van der Waals surface area contributed by atoms with Crippen LogP contribution in [0.5, 0.6) is 0 Å². The second kappa shape index (κ2) is 16.4. The van der Waals surface area contributed by atoms with Gasteiger partial charge in [-0.3, -0.25) is 4.57 Å².